The Morgan fingerprint density at radius 3 is 2.00 bits per heavy atom. The summed E-state index contributed by atoms with van der Waals surface area (Å²) in [5.74, 6) is -4.93. The molecule has 1 aliphatic rings. The highest BCUT2D eigenvalue weighted by Gasteiger charge is 2.38. The predicted octanol–water partition coefficient (Wildman–Crippen LogP) is 2.63. The lowest BCUT2D eigenvalue weighted by molar-refractivity contribution is -0.193. The van der Waals surface area contributed by atoms with E-state index in [9.17, 15) is 26.3 Å². The van der Waals surface area contributed by atoms with Gasteiger partial charge in [0.1, 0.15) is 0 Å². The number of hydrogen-bond acceptors (Lipinski definition) is 8. The number of aryl methyl sites for hydroxylation is 3. The van der Waals surface area contributed by atoms with Gasteiger partial charge in [0.15, 0.2) is 0 Å². The number of carbonyl (C=O) groups is 2. The third kappa shape index (κ3) is 11.4. The smallest absolute Gasteiger partial charge is 0.475 e. The number of likely N-dealkylation sites (tertiary alicyclic amines) is 1. The van der Waals surface area contributed by atoms with E-state index in [0.717, 1.165) is 54.6 Å². The summed E-state index contributed by atoms with van der Waals surface area (Å²) in [6, 6.07) is 0. The molecule has 0 saturated carbocycles. The minimum atomic E-state index is -5.08. The molecule has 3 rings (SSSR count). The number of rotatable bonds is 5. The molecule has 2 aromatic rings. The van der Waals surface area contributed by atoms with Crippen LogP contribution in [-0.4, -0.2) is 77.5 Å². The number of piperidine rings is 1. The molecule has 1 saturated heterocycles. The van der Waals surface area contributed by atoms with E-state index in [1.807, 2.05) is 24.7 Å². The third-order valence-electron chi connectivity index (χ3n) is 5.28. The summed E-state index contributed by atoms with van der Waals surface area (Å²) >= 11 is 0. The average molecular weight is 557 g/mol. The van der Waals surface area contributed by atoms with Gasteiger partial charge < -0.3 is 15.9 Å². The zero-order valence-corrected chi connectivity index (χ0v) is 20.8. The van der Waals surface area contributed by atoms with E-state index < -0.39 is 24.3 Å². The summed E-state index contributed by atoms with van der Waals surface area (Å²) in [5, 5.41) is 22.5. The van der Waals surface area contributed by atoms with Crippen molar-refractivity contribution in [1.29, 1.82) is 0 Å². The average Bonchev–Trinajstić information content (AvgIpc) is 3.25. The Morgan fingerprint density at radius 1 is 1.00 bits per heavy atom. The van der Waals surface area contributed by atoms with Crippen molar-refractivity contribution in [2.45, 2.75) is 65.6 Å². The predicted molar refractivity (Wildman–Crippen MR) is 120 cm³/mol. The Kier molecular flexibility index (Phi) is 12.0. The molecule has 0 radical (unpaired) electrons. The first-order chi connectivity index (χ1) is 17.4. The number of hydrogen-bond donors (Lipinski definition) is 3. The van der Waals surface area contributed by atoms with Crippen LogP contribution in [0.1, 0.15) is 41.3 Å². The van der Waals surface area contributed by atoms with Crippen LogP contribution < -0.4 is 5.73 Å². The fraction of sp³-hybridized carbons (Fsp3) is 0.619. The fourth-order valence-corrected chi connectivity index (χ4v) is 3.35. The van der Waals surface area contributed by atoms with Gasteiger partial charge in [-0.1, -0.05) is 5.21 Å². The first-order valence-electron chi connectivity index (χ1n) is 11.2. The van der Waals surface area contributed by atoms with Gasteiger partial charge in [-0.2, -0.15) is 26.3 Å². The Bertz CT molecular complexity index is 1050. The molecule has 0 aliphatic carbocycles. The second-order valence-electron chi connectivity index (χ2n) is 8.41. The number of aliphatic carboxylic acids is 2. The molecule has 1 unspecified atom stereocenters. The summed E-state index contributed by atoms with van der Waals surface area (Å²) in [6.45, 7) is 10.5. The normalized spacial score (nSPS) is 16.1. The molecule has 3 heterocycles. The largest absolute Gasteiger partial charge is 0.490 e. The van der Waals surface area contributed by atoms with Crippen LogP contribution in [0.25, 0.3) is 0 Å². The highest BCUT2D eigenvalue weighted by molar-refractivity contribution is 5.73. The lowest BCUT2D eigenvalue weighted by Gasteiger charge is -2.32. The van der Waals surface area contributed by atoms with E-state index >= 15 is 0 Å². The number of carboxylic acids is 2. The van der Waals surface area contributed by atoms with Crippen LogP contribution in [-0.2, 0) is 29.2 Å². The zero-order chi connectivity index (χ0) is 29.3. The van der Waals surface area contributed by atoms with Crippen molar-refractivity contribution in [2.75, 3.05) is 13.1 Å². The molecule has 0 bridgehead atoms. The highest BCUT2D eigenvalue weighted by Crippen LogP contribution is 2.21. The fourth-order valence-electron chi connectivity index (χ4n) is 3.35. The molecule has 1 atom stereocenters. The van der Waals surface area contributed by atoms with Crippen LogP contribution in [0, 0.1) is 26.7 Å². The molecular formula is C21H29F6N7O4. The Morgan fingerprint density at radius 2 is 1.53 bits per heavy atom. The minimum absolute atomic E-state index is 0.446. The maximum Gasteiger partial charge on any atom is 0.490 e. The van der Waals surface area contributed by atoms with E-state index in [2.05, 4.69) is 27.1 Å². The molecule has 1 aliphatic heterocycles. The van der Waals surface area contributed by atoms with Gasteiger partial charge in [0.25, 0.3) is 0 Å². The van der Waals surface area contributed by atoms with Crippen molar-refractivity contribution >= 4 is 11.9 Å². The number of nitrogens with zero attached hydrogens (tertiary/aromatic N) is 6. The molecule has 11 nitrogen and oxygen atoms in total. The van der Waals surface area contributed by atoms with Crippen molar-refractivity contribution in [1.82, 2.24) is 29.9 Å². The maximum atomic E-state index is 10.6. The van der Waals surface area contributed by atoms with Crippen LogP contribution in [0.15, 0.2) is 6.20 Å². The van der Waals surface area contributed by atoms with E-state index in [-0.39, 0.29) is 0 Å². The Hall–Kier alpha value is -3.34. The second-order valence-corrected chi connectivity index (χ2v) is 8.41. The molecule has 17 heteroatoms. The SMILES string of the molecule is Cc1nc(C)c(CN2CCCC(Cn3cc(CN)nn3)C2)nc1C.O=C(O)C(F)(F)F.O=C(O)C(F)(F)F. The minimum Gasteiger partial charge on any atom is -0.475 e. The van der Waals surface area contributed by atoms with E-state index in [1.165, 1.54) is 12.8 Å². The molecule has 1 fully saturated rings. The van der Waals surface area contributed by atoms with Gasteiger partial charge in [-0.25, -0.2) is 9.59 Å². The van der Waals surface area contributed by atoms with Gasteiger partial charge in [-0.3, -0.25) is 19.5 Å². The molecule has 0 spiro atoms. The third-order valence-corrected chi connectivity index (χ3v) is 5.28. The van der Waals surface area contributed by atoms with Crippen LogP contribution in [0.2, 0.25) is 0 Å². The van der Waals surface area contributed by atoms with Crippen molar-refractivity contribution in [3.05, 3.63) is 34.7 Å². The van der Waals surface area contributed by atoms with Crippen LogP contribution in [0.5, 0.6) is 0 Å². The Balaban J connectivity index is 0.000000426. The molecule has 38 heavy (non-hydrogen) atoms. The van der Waals surface area contributed by atoms with Gasteiger partial charge in [-0.15, -0.1) is 5.10 Å². The molecule has 0 amide bonds. The maximum absolute atomic E-state index is 10.6. The van der Waals surface area contributed by atoms with Gasteiger partial charge in [-0.05, 0) is 46.1 Å². The number of alkyl halides is 6. The number of nitrogens with two attached hydrogens (primary N) is 1. The quantitative estimate of drug-likeness (QED) is 0.466. The summed E-state index contributed by atoms with van der Waals surface area (Å²) in [7, 11) is 0. The van der Waals surface area contributed by atoms with Gasteiger partial charge in [0, 0.05) is 32.4 Å². The van der Waals surface area contributed by atoms with Gasteiger partial charge in [0.05, 0.1) is 28.5 Å². The summed E-state index contributed by atoms with van der Waals surface area (Å²) < 4.78 is 65.4. The molecule has 214 valence electrons. The van der Waals surface area contributed by atoms with Crippen LogP contribution >= 0.6 is 0 Å². The number of carboxylic acid groups (broad SMARTS) is 2. The summed E-state index contributed by atoms with van der Waals surface area (Å²) in [6.07, 6.45) is -5.77. The van der Waals surface area contributed by atoms with Crippen molar-refractivity contribution in [3.63, 3.8) is 0 Å². The van der Waals surface area contributed by atoms with Crippen molar-refractivity contribution in [2.24, 2.45) is 11.7 Å². The summed E-state index contributed by atoms with van der Waals surface area (Å²) in [4.78, 5) is 29.6. The highest BCUT2D eigenvalue weighted by atomic mass is 19.4. The van der Waals surface area contributed by atoms with Crippen molar-refractivity contribution in [3.8, 4) is 0 Å². The van der Waals surface area contributed by atoms with E-state index in [1.54, 1.807) is 0 Å². The van der Waals surface area contributed by atoms with Gasteiger partial charge >= 0.3 is 24.3 Å². The first-order valence-corrected chi connectivity index (χ1v) is 11.2. The molecular weight excluding hydrogens is 528 g/mol. The molecule has 2 aromatic heterocycles. The lowest BCUT2D eigenvalue weighted by atomic mass is 9.98. The van der Waals surface area contributed by atoms with E-state index in [4.69, 9.17) is 30.5 Å². The standard InChI is InChI=1S/C17H27N7.2C2HF3O2/c1-12-13(2)20-17(14(3)19-12)11-23-6-4-5-15(8-23)9-24-10-16(7-18)21-22-24;2*3-2(4,5)1(6)7/h10,15H,4-9,11,18H2,1-3H3;2*(H,6,7). The second kappa shape index (κ2) is 14.0. The van der Waals surface area contributed by atoms with Crippen molar-refractivity contribution < 1.29 is 46.1 Å². The van der Waals surface area contributed by atoms with Crippen LogP contribution in [0.3, 0.4) is 0 Å². The lowest BCUT2D eigenvalue weighted by Crippen LogP contribution is -2.37. The van der Waals surface area contributed by atoms with E-state index in [0.29, 0.717) is 12.5 Å². The number of halogens is 6. The van der Waals surface area contributed by atoms with Crippen LogP contribution in [0.4, 0.5) is 26.3 Å². The Labute approximate surface area is 213 Å². The summed E-state index contributed by atoms with van der Waals surface area (Å²) in [5.41, 5.74) is 10.7. The molecule has 0 aromatic carbocycles. The topological polar surface area (TPSA) is 160 Å². The zero-order valence-electron chi connectivity index (χ0n) is 20.8. The molecule has 4 N–H and O–H groups in total. The monoisotopic (exact) mass is 557 g/mol. The first kappa shape index (κ1) is 32.7. The van der Waals surface area contributed by atoms with Gasteiger partial charge in [0.2, 0.25) is 0 Å². The number of aromatic nitrogens is 5.